The van der Waals surface area contributed by atoms with Gasteiger partial charge in [0.15, 0.2) is 0 Å². The van der Waals surface area contributed by atoms with Crippen LogP contribution in [0.1, 0.15) is 279 Å². The molecule has 36 heteroatoms. The van der Waals surface area contributed by atoms with Gasteiger partial charge in [0, 0.05) is 34.5 Å². The van der Waals surface area contributed by atoms with Crippen LogP contribution in [0.25, 0.3) is 0 Å². The summed E-state index contributed by atoms with van der Waals surface area (Å²) in [5, 5.41) is 0. The van der Waals surface area contributed by atoms with Crippen molar-refractivity contribution >= 4 is 123 Å². The Morgan fingerprint density at radius 1 is 0.250 bits per heavy atom. The van der Waals surface area contributed by atoms with Gasteiger partial charge in [-0.3, -0.25) is 63.6 Å². The van der Waals surface area contributed by atoms with Gasteiger partial charge in [0.1, 0.15) is 0 Å². The lowest BCUT2D eigenvalue weighted by Crippen LogP contribution is -2.20. The average Bonchev–Trinajstić information content (AvgIpc) is 0.837. The zero-order chi connectivity index (χ0) is 83.4. The van der Waals surface area contributed by atoms with Gasteiger partial charge in [-0.2, -0.15) is 0 Å². The van der Waals surface area contributed by atoms with Crippen molar-refractivity contribution in [2.75, 3.05) is 47.3 Å². The molecule has 0 aromatic rings. The fourth-order valence-corrected chi connectivity index (χ4v) is 38.6. The van der Waals surface area contributed by atoms with Crippen LogP contribution in [-0.2, 0) is 105 Å². The Hall–Kier alpha value is 2.62. The van der Waals surface area contributed by atoms with E-state index in [0.29, 0.717) is 51.4 Å². The summed E-state index contributed by atoms with van der Waals surface area (Å²) in [5.74, 6) is 1.08. The fourth-order valence-electron chi connectivity index (χ4n) is 11.5. The Bertz CT molecular complexity index is 2410. The maximum absolute atomic E-state index is 15.6. The van der Waals surface area contributed by atoms with E-state index < -0.39 is 128 Å². The molecule has 23 nitrogen and oxygen atoms in total. The summed E-state index contributed by atoms with van der Waals surface area (Å²) in [6.45, 7) is 34.8. The van der Waals surface area contributed by atoms with E-state index >= 15 is 13.7 Å². The van der Waals surface area contributed by atoms with Gasteiger partial charge in [-0.1, -0.05) is 111 Å². The predicted octanol–water partition coefficient (Wildman–Crippen LogP) is 27.6. The largest absolute Gasteiger partial charge is 0.466 e. The normalized spacial score (nSPS) is 20.7. The molecule has 16 unspecified atom stereocenters. The molecule has 0 aromatic carbocycles. The number of rotatable bonds is 67. The van der Waals surface area contributed by atoms with Crippen molar-refractivity contribution in [2.24, 2.45) is 47.3 Å². The Balaban J connectivity index is 7.75. The van der Waals surface area contributed by atoms with Crippen molar-refractivity contribution in [1.82, 2.24) is 0 Å². The van der Waals surface area contributed by atoms with E-state index in [2.05, 4.69) is 111 Å². The quantitative estimate of drug-likeness (QED) is 0.0404. The number of hydrogen-bond acceptors (Lipinski definition) is 29. The smallest absolute Gasteiger partial charge is 0.389 e. The van der Waals surface area contributed by atoms with Crippen LogP contribution in [0.5, 0.6) is 0 Å². The van der Waals surface area contributed by atoms with Gasteiger partial charge in [0.2, 0.25) is 0 Å². The van der Waals surface area contributed by atoms with E-state index in [4.69, 9.17) is 68.1 Å². The molecule has 0 N–H and O–H groups in total. The van der Waals surface area contributed by atoms with E-state index in [0.717, 1.165) is 68.3 Å². The molecule has 0 heterocycles. The Morgan fingerprint density at radius 2 is 0.426 bits per heavy atom. The van der Waals surface area contributed by atoms with E-state index in [-0.39, 0.29) is 120 Å². The highest BCUT2D eigenvalue weighted by Gasteiger charge is 2.42. The summed E-state index contributed by atoms with van der Waals surface area (Å²) >= 11 is 5.17. The third-order valence-corrected chi connectivity index (χ3v) is 41.4. The molecule has 0 radical (unpaired) electrons. The molecule has 0 saturated heterocycles. The molecule has 0 aliphatic heterocycles. The van der Waals surface area contributed by atoms with Crippen LogP contribution in [0.4, 0.5) is 0 Å². The highest BCUT2D eigenvalue weighted by Crippen LogP contribution is 2.71. The van der Waals surface area contributed by atoms with Crippen LogP contribution in [0.2, 0.25) is 0 Å². The SMILES string of the molecule is CCOC(=O)CCSP(=O)(OC(C)CSP(=O)(OC(C)CCP(=O)(OC(C)CC(C)C)OC(C)CC(C)C)OC(C)CSP(=O)(OC(C)CC(C)C)OC(C)CC(C)C)OC(C)CSP(=O)(OC(C)CSP(=O)(OC(C)CC(C)C)OC(C)CC(C)C)OC(C)CSP(=O)(OC(C)CC(C)C)OC(C)CC(C)C. The minimum Gasteiger partial charge on any atom is -0.466 e. The standard InChI is InChI=1S/C72H151O23P7S6/c1-32-81-72(73)34-36-103-97(75,91-67(27)45-104-98(76,84-58(18)33-35-96(74,82-59(19)37-50(2)3)83-60(20)38-51(4)5)93-69(29)47-105-99(77,85-61(21)39-52(6)7)86-62(22)40-53(8)9)92-68(28)46-108-102(80,94-70(30)48-106-100(78,87-63(23)41-54(10)11)88-64(24)42-55(12)13)95-71(31)49-107-101(79,89-65(25)43-56(14)15)90-66(26)44-57(16)17/h50-71H,32-49H2,1-31H3. The molecular weight excluding hydrogens is 1640 g/mol. The second kappa shape index (κ2) is 55.5. The first kappa shape index (κ1) is 111. The molecule has 0 aliphatic rings. The molecule has 648 valence electrons. The molecule has 0 aliphatic carbocycles. The predicted molar refractivity (Wildman–Crippen MR) is 462 cm³/mol. The number of carbonyl (C=O) groups is 1. The van der Waals surface area contributed by atoms with Crippen LogP contribution < -0.4 is 0 Å². The number of esters is 1. The van der Waals surface area contributed by atoms with Crippen molar-refractivity contribution in [3.8, 4) is 0 Å². The zero-order valence-electron chi connectivity index (χ0n) is 71.9. The molecule has 0 rings (SSSR count). The summed E-state index contributed by atoms with van der Waals surface area (Å²) in [6.07, 6.45) is -3.92. The van der Waals surface area contributed by atoms with Gasteiger partial charge < -0.3 is 13.8 Å². The summed E-state index contributed by atoms with van der Waals surface area (Å²) in [5.41, 5.74) is 0. The molecule has 0 saturated carbocycles. The second-order valence-corrected chi connectivity index (χ2v) is 58.8. The first-order valence-corrected chi connectivity index (χ1v) is 59.9. The van der Waals surface area contributed by atoms with Crippen LogP contribution >= 0.6 is 117 Å². The molecule has 108 heavy (non-hydrogen) atoms. The van der Waals surface area contributed by atoms with Gasteiger partial charge >= 0.3 is 54.4 Å². The minimum absolute atomic E-state index is 0.000997. The molecule has 0 bridgehead atoms. The molecule has 0 spiro atoms. The minimum atomic E-state index is -4.37. The fraction of sp³-hybridized carbons (Fsp3) is 0.986. The van der Waals surface area contributed by atoms with Crippen LogP contribution in [0.3, 0.4) is 0 Å². The third kappa shape index (κ3) is 55.5. The third-order valence-electron chi connectivity index (χ3n) is 14.8. The van der Waals surface area contributed by atoms with Gasteiger partial charge in [-0.05, 0) is 277 Å². The van der Waals surface area contributed by atoms with E-state index in [1.54, 1.807) is 48.5 Å². The Morgan fingerprint density at radius 3 is 0.620 bits per heavy atom. The molecule has 0 aromatic heterocycles. The molecule has 16 atom stereocenters. The van der Waals surface area contributed by atoms with Crippen LogP contribution in [-0.4, -0.2) is 139 Å². The topological polar surface area (TPSA) is 275 Å². The van der Waals surface area contributed by atoms with Crippen LogP contribution in [0, 0.1) is 47.3 Å². The maximum Gasteiger partial charge on any atom is 0.389 e. The molecular formula is C72H151O23P7S6. The first-order chi connectivity index (χ1) is 49.5. The summed E-state index contributed by atoms with van der Waals surface area (Å²) in [6, 6.07) is 0. The zero-order valence-corrected chi connectivity index (χ0v) is 83.1. The summed E-state index contributed by atoms with van der Waals surface area (Å²) in [4.78, 5) is 12.8. The molecule has 0 fully saturated rings. The second-order valence-electron chi connectivity index (χ2n) is 32.5. The van der Waals surface area contributed by atoms with Crippen molar-refractivity contribution in [3.63, 3.8) is 0 Å². The lowest BCUT2D eigenvalue weighted by Gasteiger charge is -2.30. The Labute approximate surface area is 681 Å². The maximum atomic E-state index is 15.6. The van der Waals surface area contributed by atoms with Crippen molar-refractivity contribution < 1.29 is 105 Å². The van der Waals surface area contributed by atoms with Gasteiger partial charge in [-0.15, -0.1) is 0 Å². The lowest BCUT2D eigenvalue weighted by atomic mass is 10.1. The highest BCUT2D eigenvalue weighted by atomic mass is 32.7. The number of ether oxygens (including phenoxy) is 1. The van der Waals surface area contributed by atoms with E-state index in [1.807, 2.05) is 55.4 Å². The highest BCUT2D eigenvalue weighted by molar-refractivity contribution is 8.57. The monoisotopic (exact) mass is 1790 g/mol. The Kier molecular flexibility index (Phi) is 56.9. The van der Waals surface area contributed by atoms with Crippen LogP contribution in [0.15, 0.2) is 0 Å². The van der Waals surface area contributed by atoms with Gasteiger partial charge in [0.25, 0.3) is 0 Å². The van der Waals surface area contributed by atoms with Gasteiger partial charge in [0.05, 0.1) is 105 Å². The molecule has 0 amide bonds. The van der Waals surface area contributed by atoms with Crippen molar-refractivity contribution in [1.29, 1.82) is 0 Å². The first-order valence-electron chi connectivity index (χ1n) is 39.3. The van der Waals surface area contributed by atoms with E-state index in [1.165, 1.54) is 0 Å². The average molecular weight is 1790 g/mol. The number of hydrogen-bond donors (Lipinski definition) is 0. The van der Waals surface area contributed by atoms with Gasteiger partial charge in [-0.25, -0.2) is 27.4 Å². The summed E-state index contributed by atoms with van der Waals surface area (Å²) < 4.78 is 199. The van der Waals surface area contributed by atoms with E-state index in [9.17, 15) is 23.1 Å². The number of carbonyl (C=O) groups excluding carboxylic acids is 1. The summed E-state index contributed by atoms with van der Waals surface area (Å²) in [7, 11) is -3.77. The van der Waals surface area contributed by atoms with Crippen molar-refractivity contribution in [2.45, 2.75) is 364 Å². The van der Waals surface area contributed by atoms with Crippen molar-refractivity contribution in [3.05, 3.63) is 0 Å². The lowest BCUT2D eigenvalue weighted by molar-refractivity contribution is -0.142.